The second-order valence-electron chi connectivity index (χ2n) is 3.83. The Bertz CT molecular complexity index is 598. The van der Waals surface area contributed by atoms with Crippen molar-refractivity contribution < 1.29 is 9.90 Å². The summed E-state index contributed by atoms with van der Waals surface area (Å²) in [6.45, 7) is 1.96. The van der Waals surface area contributed by atoms with Gasteiger partial charge in [-0.1, -0.05) is 12.1 Å². The summed E-state index contributed by atoms with van der Waals surface area (Å²) in [6.07, 6.45) is 0. The van der Waals surface area contributed by atoms with Gasteiger partial charge in [0.05, 0.1) is 0 Å². The Hall–Kier alpha value is -2.63. The number of anilines is 3. The maximum absolute atomic E-state index is 10.9. The molecular formula is C12H12N4O2. The minimum absolute atomic E-state index is 0.0693. The van der Waals surface area contributed by atoms with E-state index in [0.29, 0.717) is 5.82 Å². The zero-order chi connectivity index (χ0) is 13.1. The first kappa shape index (κ1) is 11.8. The summed E-state index contributed by atoms with van der Waals surface area (Å²) in [5.41, 5.74) is 7.25. The molecule has 0 radical (unpaired) electrons. The lowest BCUT2D eigenvalue weighted by molar-refractivity contribution is 0.0697. The minimum Gasteiger partial charge on any atom is -0.478 e. The van der Waals surface area contributed by atoms with Crippen molar-refractivity contribution in [1.29, 1.82) is 0 Å². The maximum Gasteiger partial charge on any atom is 0.339 e. The first-order valence-electron chi connectivity index (χ1n) is 5.26. The van der Waals surface area contributed by atoms with Crippen molar-refractivity contribution in [1.82, 2.24) is 10.2 Å². The number of rotatable bonds is 3. The van der Waals surface area contributed by atoms with Crippen molar-refractivity contribution in [3.8, 4) is 0 Å². The molecule has 0 saturated carbocycles. The number of aromatic carboxylic acids is 1. The number of benzene rings is 1. The summed E-state index contributed by atoms with van der Waals surface area (Å²) >= 11 is 0. The topological polar surface area (TPSA) is 101 Å². The summed E-state index contributed by atoms with van der Waals surface area (Å²) in [5, 5.41) is 19.3. The number of carboxylic acid groups (broad SMARTS) is 1. The standard InChI is InChI=1S/C12H12N4O2/c1-7-3-2-4-8(5-7)14-10-6-9(12(17)18)11(13)16-15-10/h2-6H,1H3,(H2,13,16)(H,14,15)(H,17,18). The van der Waals surface area contributed by atoms with Crippen LogP contribution in [0.4, 0.5) is 17.3 Å². The van der Waals surface area contributed by atoms with Crippen molar-refractivity contribution in [2.75, 3.05) is 11.1 Å². The van der Waals surface area contributed by atoms with Gasteiger partial charge in [0.1, 0.15) is 5.56 Å². The molecule has 0 amide bonds. The zero-order valence-corrected chi connectivity index (χ0v) is 9.71. The van der Waals surface area contributed by atoms with Crippen LogP contribution in [0.15, 0.2) is 30.3 Å². The molecule has 1 aromatic carbocycles. The third kappa shape index (κ3) is 2.54. The molecule has 0 spiro atoms. The zero-order valence-electron chi connectivity index (χ0n) is 9.71. The summed E-state index contributed by atoms with van der Waals surface area (Å²) in [7, 11) is 0. The highest BCUT2D eigenvalue weighted by molar-refractivity contribution is 5.93. The van der Waals surface area contributed by atoms with Gasteiger partial charge in [-0.3, -0.25) is 0 Å². The lowest BCUT2D eigenvalue weighted by atomic mass is 10.2. The van der Waals surface area contributed by atoms with E-state index in [2.05, 4.69) is 15.5 Å². The van der Waals surface area contributed by atoms with Gasteiger partial charge >= 0.3 is 5.97 Å². The second kappa shape index (κ2) is 4.70. The Kier molecular flexibility index (Phi) is 3.09. The predicted molar refractivity (Wildman–Crippen MR) is 67.9 cm³/mol. The number of hydrogen-bond donors (Lipinski definition) is 3. The van der Waals surface area contributed by atoms with Crippen molar-refractivity contribution >= 4 is 23.3 Å². The van der Waals surface area contributed by atoms with Gasteiger partial charge in [-0.05, 0) is 24.6 Å². The number of carbonyl (C=O) groups is 1. The number of aryl methyl sites for hydroxylation is 1. The van der Waals surface area contributed by atoms with E-state index in [9.17, 15) is 4.79 Å². The fourth-order valence-corrected chi connectivity index (χ4v) is 1.50. The van der Waals surface area contributed by atoms with Crippen molar-refractivity contribution in [3.05, 3.63) is 41.5 Å². The molecule has 0 fully saturated rings. The van der Waals surface area contributed by atoms with E-state index in [1.54, 1.807) is 0 Å². The van der Waals surface area contributed by atoms with E-state index in [-0.39, 0.29) is 11.4 Å². The summed E-state index contributed by atoms with van der Waals surface area (Å²) in [6, 6.07) is 8.97. The molecule has 0 aliphatic heterocycles. The number of nitrogens with two attached hydrogens (primary N) is 1. The van der Waals surface area contributed by atoms with Crippen molar-refractivity contribution in [3.63, 3.8) is 0 Å². The Morgan fingerprint density at radius 1 is 1.33 bits per heavy atom. The third-order valence-corrected chi connectivity index (χ3v) is 2.34. The number of aromatic nitrogens is 2. The molecule has 6 nitrogen and oxygen atoms in total. The van der Waals surface area contributed by atoms with Crippen LogP contribution in [-0.4, -0.2) is 21.3 Å². The number of carboxylic acids is 1. The van der Waals surface area contributed by atoms with Crippen LogP contribution in [0.25, 0.3) is 0 Å². The number of nitrogen functional groups attached to an aromatic ring is 1. The molecule has 0 atom stereocenters. The molecule has 2 aromatic rings. The van der Waals surface area contributed by atoms with E-state index in [1.807, 2.05) is 31.2 Å². The second-order valence-corrected chi connectivity index (χ2v) is 3.83. The summed E-state index contributed by atoms with van der Waals surface area (Å²) in [5.74, 6) is -0.890. The van der Waals surface area contributed by atoms with Crippen LogP contribution in [-0.2, 0) is 0 Å². The number of nitrogens with one attached hydrogen (secondary N) is 1. The monoisotopic (exact) mass is 244 g/mol. The van der Waals surface area contributed by atoms with Crippen LogP contribution < -0.4 is 11.1 Å². The first-order chi connectivity index (χ1) is 8.56. The van der Waals surface area contributed by atoms with Gasteiger partial charge in [-0.15, -0.1) is 10.2 Å². The van der Waals surface area contributed by atoms with Crippen LogP contribution in [0.1, 0.15) is 15.9 Å². The van der Waals surface area contributed by atoms with Crippen LogP contribution in [0, 0.1) is 6.92 Å². The number of hydrogen-bond acceptors (Lipinski definition) is 5. The van der Waals surface area contributed by atoms with Crippen LogP contribution >= 0.6 is 0 Å². The molecule has 0 bridgehead atoms. The predicted octanol–water partition coefficient (Wildman–Crippen LogP) is 1.81. The molecule has 6 heteroatoms. The van der Waals surface area contributed by atoms with Crippen LogP contribution in [0.3, 0.4) is 0 Å². The molecule has 1 heterocycles. The van der Waals surface area contributed by atoms with Crippen LogP contribution in [0.5, 0.6) is 0 Å². The van der Waals surface area contributed by atoms with E-state index in [1.165, 1.54) is 6.07 Å². The average Bonchev–Trinajstić information content (AvgIpc) is 2.31. The van der Waals surface area contributed by atoms with Gasteiger partial charge in [0.25, 0.3) is 0 Å². The van der Waals surface area contributed by atoms with Crippen molar-refractivity contribution in [2.45, 2.75) is 6.92 Å². The lowest BCUT2D eigenvalue weighted by Crippen LogP contribution is -2.07. The van der Waals surface area contributed by atoms with Gasteiger partial charge in [0, 0.05) is 11.8 Å². The largest absolute Gasteiger partial charge is 0.478 e. The van der Waals surface area contributed by atoms with E-state index < -0.39 is 5.97 Å². The Morgan fingerprint density at radius 2 is 2.11 bits per heavy atom. The first-order valence-corrected chi connectivity index (χ1v) is 5.26. The Balaban J connectivity index is 2.30. The molecule has 1 aromatic heterocycles. The van der Waals surface area contributed by atoms with E-state index in [0.717, 1.165) is 11.3 Å². The Labute approximate surface area is 103 Å². The molecular weight excluding hydrogens is 232 g/mol. The molecule has 0 saturated heterocycles. The maximum atomic E-state index is 10.9. The highest BCUT2D eigenvalue weighted by Gasteiger charge is 2.11. The van der Waals surface area contributed by atoms with E-state index in [4.69, 9.17) is 10.8 Å². The highest BCUT2D eigenvalue weighted by atomic mass is 16.4. The SMILES string of the molecule is Cc1cccc(Nc2cc(C(=O)O)c(N)nn2)c1. The molecule has 92 valence electrons. The quantitative estimate of drug-likeness (QED) is 0.761. The van der Waals surface area contributed by atoms with Crippen molar-refractivity contribution in [2.24, 2.45) is 0 Å². The summed E-state index contributed by atoms with van der Waals surface area (Å²) < 4.78 is 0. The smallest absolute Gasteiger partial charge is 0.339 e. The molecule has 0 aliphatic rings. The lowest BCUT2D eigenvalue weighted by Gasteiger charge is -2.07. The fourth-order valence-electron chi connectivity index (χ4n) is 1.50. The normalized spacial score (nSPS) is 10.1. The molecule has 18 heavy (non-hydrogen) atoms. The fraction of sp³-hybridized carbons (Fsp3) is 0.0833. The van der Waals surface area contributed by atoms with Gasteiger partial charge in [0.15, 0.2) is 11.6 Å². The molecule has 4 N–H and O–H groups in total. The third-order valence-electron chi connectivity index (χ3n) is 2.34. The molecule has 0 aliphatic carbocycles. The molecule has 0 unspecified atom stereocenters. The number of nitrogens with zero attached hydrogens (tertiary/aromatic N) is 2. The minimum atomic E-state index is -1.13. The van der Waals surface area contributed by atoms with Crippen LogP contribution in [0.2, 0.25) is 0 Å². The van der Waals surface area contributed by atoms with Gasteiger partial charge in [-0.2, -0.15) is 0 Å². The van der Waals surface area contributed by atoms with E-state index >= 15 is 0 Å². The van der Waals surface area contributed by atoms with Gasteiger partial charge in [0.2, 0.25) is 0 Å². The summed E-state index contributed by atoms with van der Waals surface area (Å²) in [4.78, 5) is 10.9. The van der Waals surface area contributed by atoms with Gasteiger partial charge in [-0.25, -0.2) is 4.79 Å². The Morgan fingerprint density at radius 3 is 2.78 bits per heavy atom. The highest BCUT2D eigenvalue weighted by Crippen LogP contribution is 2.18. The average molecular weight is 244 g/mol. The molecule has 2 rings (SSSR count). The van der Waals surface area contributed by atoms with Gasteiger partial charge < -0.3 is 16.2 Å².